The molecule has 1 rings (SSSR count). The fourth-order valence-electron chi connectivity index (χ4n) is 1.84. The Kier molecular flexibility index (Phi) is 4.08. The van der Waals surface area contributed by atoms with Crippen LogP contribution in [0.3, 0.4) is 0 Å². The van der Waals surface area contributed by atoms with Crippen LogP contribution in [0.4, 0.5) is 0 Å². The Morgan fingerprint density at radius 2 is 1.61 bits per heavy atom. The fraction of sp³-hybridized carbons (Fsp3) is 0.727. The molecule has 102 valence electrons. The first kappa shape index (κ1) is 14.6. The van der Waals surface area contributed by atoms with Crippen LogP contribution in [0.5, 0.6) is 0 Å². The zero-order valence-corrected chi connectivity index (χ0v) is 10.6. The topological polar surface area (TPSA) is 99.1 Å². The maximum Gasteiger partial charge on any atom is 0.303 e. The molecule has 0 amide bonds. The second-order valence-corrected chi connectivity index (χ2v) is 4.18. The van der Waals surface area contributed by atoms with Crippen molar-refractivity contribution in [3.05, 3.63) is 0 Å². The molecule has 18 heavy (non-hydrogen) atoms. The molecule has 0 saturated carbocycles. The van der Waals surface area contributed by atoms with Crippen LogP contribution < -0.4 is 0 Å². The minimum Gasteiger partial charge on any atom is -0.456 e. The van der Waals surface area contributed by atoms with Gasteiger partial charge in [-0.05, 0) is 6.92 Å². The van der Waals surface area contributed by atoms with Gasteiger partial charge in [-0.25, -0.2) is 0 Å². The van der Waals surface area contributed by atoms with Crippen molar-refractivity contribution in [3.8, 4) is 0 Å². The van der Waals surface area contributed by atoms with Crippen LogP contribution >= 0.6 is 0 Å². The summed E-state index contributed by atoms with van der Waals surface area (Å²) in [4.78, 5) is 33.4. The molecule has 7 heteroatoms. The molecule has 4 atom stereocenters. The molecule has 0 aromatic carbocycles. The summed E-state index contributed by atoms with van der Waals surface area (Å²) < 4.78 is 14.9. The molecule has 0 aliphatic carbocycles. The van der Waals surface area contributed by atoms with Crippen LogP contribution in [0, 0.1) is 0 Å². The summed E-state index contributed by atoms with van der Waals surface area (Å²) in [5.74, 6) is -4.35. The van der Waals surface area contributed by atoms with E-state index in [4.69, 9.17) is 14.2 Å². The highest BCUT2D eigenvalue weighted by molar-refractivity contribution is 5.85. The van der Waals surface area contributed by atoms with E-state index in [0.29, 0.717) is 0 Å². The van der Waals surface area contributed by atoms with Crippen molar-refractivity contribution in [1.29, 1.82) is 0 Å². The van der Waals surface area contributed by atoms with Gasteiger partial charge < -0.3 is 19.3 Å². The molecule has 0 spiro atoms. The summed E-state index contributed by atoms with van der Waals surface area (Å²) in [5, 5.41) is 10.1. The average molecular weight is 260 g/mol. The summed E-state index contributed by atoms with van der Waals surface area (Å²) >= 11 is 0. The van der Waals surface area contributed by atoms with Crippen molar-refractivity contribution in [2.75, 3.05) is 0 Å². The predicted molar refractivity (Wildman–Crippen MR) is 57.3 cm³/mol. The van der Waals surface area contributed by atoms with Crippen LogP contribution in [-0.4, -0.2) is 46.9 Å². The largest absolute Gasteiger partial charge is 0.456 e. The summed E-state index contributed by atoms with van der Waals surface area (Å²) in [6.45, 7) is 4.89. The summed E-state index contributed by atoms with van der Waals surface area (Å²) in [6, 6.07) is 0. The quantitative estimate of drug-likeness (QED) is 0.686. The lowest BCUT2D eigenvalue weighted by molar-refractivity contribution is -0.225. The highest BCUT2D eigenvalue weighted by atomic mass is 16.7. The molecular formula is C11H16O7. The van der Waals surface area contributed by atoms with Crippen LogP contribution in [0.2, 0.25) is 0 Å². The Labute approximate surface area is 104 Å². The number of ketones is 1. The molecule has 1 unspecified atom stereocenters. The van der Waals surface area contributed by atoms with E-state index in [1.165, 1.54) is 13.8 Å². The van der Waals surface area contributed by atoms with E-state index >= 15 is 0 Å². The molecule has 1 aliphatic heterocycles. The molecule has 1 heterocycles. The zero-order valence-electron chi connectivity index (χ0n) is 10.6. The Balaban J connectivity index is 3.05. The van der Waals surface area contributed by atoms with E-state index in [9.17, 15) is 19.5 Å². The zero-order chi connectivity index (χ0) is 14.1. The molecule has 1 N–H and O–H groups in total. The van der Waals surface area contributed by atoms with E-state index in [2.05, 4.69) is 0 Å². The van der Waals surface area contributed by atoms with Gasteiger partial charge in [-0.1, -0.05) is 0 Å². The van der Waals surface area contributed by atoms with E-state index in [1.54, 1.807) is 0 Å². The van der Waals surface area contributed by atoms with Gasteiger partial charge >= 0.3 is 11.9 Å². The van der Waals surface area contributed by atoms with Gasteiger partial charge in [-0.15, -0.1) is 0 Å². The Morgan fingerprint density at radius 1 is 1.11 bits per heavy atom. The minimum atomic E-state index is -2.29. The van der Waals surface area contributed by atoms with Gasteiger partial charge in [0.25, 0.3) is 5.79 Å². The lowest BCUT2D eigenvalue weighted by atomic mass is 10.0. The van der Waals surface area contributed by atoms with Crippen molar-refractivity contribution >= 4 is 17.7 Å². The van der Waals surface area contributed by atoms with Crippen LogP contribution in [-0.2, 0) is 28.6 Å². The lowest BCUT2D eigenvalue weighted by Crippen LogP contribution is -2.51. The molecule has 0 aromatic rings. The number of esters is 2. The summed E-state index contributed by atoms with van der Waals surface area (Å²) in [6.07, 6.45) is -3.17. The Bertz CT molecular complexity index is 378. The molecule has 1 saturated heterocycles. The van der Waals surface area contributed by atoms with Gasteiger partial charge in [-0.3, -0.25) is 14.4 Å². The molecular weight excluding hydrogens is 244 g/mol. The first-order valence-electron chi connectivity index (χ1n) is 5.44. The number of hydrogen-bond donors (Lipinski definition) is 1. The molecule has 1 aliphatic rings. The summed E-state index contributed by atoms with van der Waals surface area (Å²) in [7, 11) is 0. The third kappa shape index (κ3) is 2.68. The average Bonchev–Trinajstić information content (AvgIpc) is 2.42. The van der Waals surface area contributed by atoms with Gasteiger partial charge in [0.1, 0.15) is 0 Å². The number of hydrogen-bond acceptors (Lipinski definition) is 7. The maximum atomic E-state index is 11.4. The number of ether oxygens (including phenoxy) is 3. The number of carbonyl (C=O) groups excluding carboxylic acids is 3. The normalized spacial score (nSPS) is 35.1. The van der Waals surface area contributed by atoms with E-state index in [-0.39, 0.29) is 0 Å². The number of aliphatic hydroxyl groups is 1. The second kappa shape index (κ2) is 5.03. The third-order valence-electron chi connectivity index (χ3n) is 2.61. The van der Waals surface area contributed by atoms with Gasteiger partial charge in [-0.2, -0.15) is 0 Å². The lowest BCUT2D eigenvalue weighted by Gasteiger charge is -2.26. The van der Waals surface area contributed by atoms with Crippen molar-refractivity contribution in [2.24, 2.45) is 0 Å². The molecule has 7 nitrogen and oxygen atoms in total. The van der Waals surface area contributed by atoms with Crippen LogP contribution in [0.1, 0.15) is 27.7 Å². The van der Waals surface area contributed by atoms with Gasteiger partial charge in [0.05, 0.1) is 6.10 Å². The van der Waals surface area contributed by atoms with Crippen molar-refractivity contribution < 1.29 is 33.7 Å². The van der Waals surface area contributed by atoms with E-state index in [1.807, 2.05) is 0 Å². The first-order chi connectivity index (χ1) is 8.18. The Morgan fingerprint density at radius 3 is 2.00 bits per heavy atom. The Hall–Kier alpha value is -1.47. The SMILES string of the molecule is CC(=O)O[C@H]1[C@@H](OC(C)=O)C(O)(C(C)=O)O[C@@H]1C. The van der Waals surface area contributed by atoms with Gasteiger partial charge in [0.2, 0.25) is 6.10 Å². The third-order valence-corrected chi connectivity index (χ3v) is 2.61. The second-order valence-electron chi connectivity index (χ2n) is 4.18. The van der Waals surface area contributed by atoms with Crippen LogP contribution in [0.15, 0.2) is 0 Å². The molecule has 0 aromatic heterocycles. The van der Waals surface area contributed by atoms with E-state index < -0.39 is 41.8 Å². The number of carbonyl (C=O) groups is 3. The van der Waals surface area contributed by atoms with Crippen molar-refractivity contribution in [1.82, 2.24) is 0 Å². The van der Waals surface area contributed by atoms with E-state index in [0.717, 1.165) is 13.8 Å². The monoisotopic (exact) mass is 260 g/mol. The highest BCUT2D eigenvalue weighted by Crippen LogP contribution is 2.34. The number of rotatable bonds is 3. The molecule has 1 fully saturated rings. The highest BCUT2D eigenvalue weighted by Gasteiger charge is 2.60. The smallest absolute Gasteiger partial charge is 0.303 e. The van der Waals surface area contributed by atoms with Gasteiger partial charge in [0.15, 0.2) is 11.9 Å². The summed E-state index contributed by atoms with van der Waals surface area (Å²) in [5.41, 5.74) is 0. The van der Waals surface area contributed by atoms with Crippen molar-refractivity contribution in [3.63, 3.8) is 0 Å². The van der Waals surface area contributed by atoms with Crippen LogP contribution in [0.25, 0.3) is 0 Å². The van der Waals surface area contributed by atoms with Crippen molar-refractivity contribution in [2.45, 2.75) is 51.8 Å². The first-order valence-corrected chi connectivity index (χ1v) is 5.44. The predicted octanol–water partition coefficient (Wildman–Crippen LogP) is -0.454. The fourth-order valence-corrected chi connectivity index (χ4v) is 1.84. The van der Waals surface area contributed by atoms with Gasteiger partial charge in [0, 0.05) is 20.8 Å². The number of Topliss-reactive ketones (excluding diaryl/α,β-unsaturated/α-hetero) is 1. The molecule has 0 bridgehead atoms. The standard InChI is InChI=1S/C11H16O7/c1-5-9(16-7(3)13)10(17-8(4)14)11(15,18-5)6(2)12/h5,9-10,15H,1-4H3/t5-,9-,10-,11?/m1/s1. The molecule has 0 radical (unpaired) electrons. The minimum absolute atomic E-state index is 0.625. The maximum absolute atomic E-state index is 11.4.